The first-order chi connectivity index (χ1) is 8.11. The van der Waals surface area contributed by atoms with Crippen LogP contribution in [0.1, 0.15) is 34.1 Å². The molecule has 0 radical (unpaired) electrons. The van der Waals surface area contributed by atoms with Crippen LogP contribution in [0.25, 0.3) is 0 Å². The number of hydrogen-bond donors (Lipinski definition) is 1. The monoisotopic (exact) mass is 257 g/mol. The van der Waals surface area contributed by atoms with Crippen molar-refractivity contribution in [3.05, 3.63) is 0 Å². The molecule has 0 aromatic carbocycles. The third-order valence-electron chi connectivity index (χ3n) is 2.83. The highest BCUT2D eigenvalue weighted by Gasteiger charge is 2.31. The summed E-state index contributed by atoms with van der Waals surface area (Å²) < 4.78 is 0. The fourth-order valence-corrected chi connectivity index (χ4v) is 1.41. The highest BCUT2D eigenvalue weighted by atomic mass is 16.2. The lowest BCUT2D eigenvalue weighted by Crippen LogP contribution is -2.52. The van der Waals surface area contributed by atoms with Gasteiger partial charge in [-0.1, -0.05) is 27.7 Å². The van der Waals surface area contributed by atoms with Gasteiger partial charge in [-0.15, -0.1) is 0 Å². The Balaban J connectivity index is 4.79. The molecule has 0 aliphatic carbocycles. The van der Waals surface area contributed by atoms with Gasteiger partial charge in [0.05, 0.1) is 12.6 Å². The molecule has 1 atom stereocenters. The summed E-state index contributed by atoms with van der Waals surface area (Å²) in [6.45, 7) is 8.41. The minimum absolute atomic E-state index is 0.0853. The van der Waals surface area contributed by atoms with Crippen LogP contribution in [0.5, 0.6) is 0 Å². The normalized spacial score (nSPS) is 13.1. The molecular weight excluding hydrogens is 230 g/mol. The van der Waals surface area contributed by atoms with Crippen LogP contribution in [0.2, 0.25) is 0 Å². The molecule has 0 bridgehead atoms. The van der Waals surface area contributed by atoms with Crippen molar-refractivity contribution < 1.29 is 9.59 Å². The molecule has 5 heteroatoms. The lowest BCUT2D eigenvalue weighted by atomic mass is 9.86. The van der Waals surface area contributed by atoms with Crippen LogP contribution in [0.4, 0.5) is 0 Å². The average Bonchev–Trinajstić information content (AvgIpc) is 2.24. The second-order valence-corrected chi connectivity index (χ2v) is 5.89. The van der Waals surface area contributed by atoms with Gasteiger partial charge in [-0.3, -0.25) is 9.59 Å². The Bertz CT molecular complexity index is 295. The molecule has 0 fully saturated rings. The van der Waals surface area contributed by atoms with Crippen molar-refractivity contribution in [3.8, 4) is 0 Å². The van der Waals surface area contributed by atoms with Crippen LogP contribution in [0, 0.1) is 5.41 Å². The number of likely N-dealkylation sites (N-methyl/N-ethyl adjacent to an activating group) is 1. The van der Waals surface area contributed by atoms with E-state index in [2.05, 4.69) is 0 Å². The zero-order valence-corrected chi connectivity index (χ0v) is 12.5. The van der Waals surface area contributed by atoms with E-state index in [0.717, 1.165) is 6.42 Å². The largest absolute Gasteiger partial charge is 0.347 e. The van der Waals surface area contributed by atoms with Gasteiger partial charge >= 0.3 is 0 Å². The Kier molecular flexibility index (Phi) is 6.32. The lowest BCUT2D eigenvalue weighted by molar-refractivity contribution is -0.141. The summed E-state index contributed by atoms with van der Waals surface area (Å²) in [5.41, 5.74) is 5.66. The van der Waals surface area contributed by atoms with Crippen LogP contribution < -0.4 is 5.73 Å². The molecule has 106 valence electrons. The number of rotatable bonds is 5. The third-order valence-corrected chi connectivity index (χ3v) is 2.83. The zero-order valence-electron chi connectivity index (χ0n) is 12.5. The second kappa shape index (κ2) is 6.73. The minimum atomic E-state index is -0.584. The average molecular weight is 257 g/mol. The van der Waals surface area contributed by atoms with Crippen molar-refractivity contribution in [1.82, 2.24) is 9.80 Å². The SMILES string of the molecule is CCCN(CC(=O)N(C)C)C(=O)C(N)C(C)(C)C. The molecule has 0 aromatic heterocycles. The van der Waals surface area contributed by atoms with E-state index in [4.69, 9.17) is 5.73 Å². The highest BCUT2D eigenvalue weighted by molar-refractivity contribution is 5.87. The van der Waals surface area contributed by atoms with Gasteiger partial charge in [-0.05, 0) is 11.8 Å². The zero-order chi connectivity index (χ0) is 14.5. The first kappa shape index (κ1) is 16.9. The Labute approximate surface area is 110 Å². The van der Waals surface area contributed by atoms with E-state index >= 15 is 0 Å². The second-order valence-electron chi connectivity index (χ2n) is 5.89. The number of carbonyl (C=O) groups excluding carboxylic acids is 2. The Morgan fingerprint density at radius 2 is 1.72 bits per heavy atom. The van der Waals surface area contributed by atoms with Crippen molar-refractivity contribution in [2.75, 3.05) is 27.2 Å². The molecule has 0 aliphatic rings. The summed E-state index contributed by atoms with van der Waals surface area (Å²) in [5, 5.41) is 0. The number of nitrogens with two attached hydrogens (primary N) is 1. The maximum atomic E-state index is 12.3. The van der Waals surface area contributed by atoms with E-state index in [0.29, 0.717) is 6.54 Å². The summed E-state index contributed by atoms with van der Waals surface area (Å²) in [4.78, 5) is 27.0. The van der Waals surface area contributed by atoms with Crippen LogP contribution >= 0.6 is 0 Å². The molecule has 0 rings (SSSR count). The molecule has 0 saturated heterocycles. The van der Waals surface area contributed by atoms with E-state index in [-0.39, 0.29) is 23.8 Å². The summed E-state index contributed by atoms with van der Waals surface area (Å²) >= 11 is 0. The maximum absolute atomic E-state index is 12.3. The fraction of sp³-hybridized carbons (Fsp3) is 0.846. The summed E-state index contributed by atoms with van der Waals surface area (Å²) in [5.74, 6) is -0.238. The van der Waals surface area contributed by atoms with E-state index < -0.39 is 6.04 Å². The summed E-state index contributed by atoms with van der Waals surface area (Å²) in [7, 11) is 3.36. The quantitative estimate of drug-likeness (QED) is 0.788. The topological polar surface area (TPSA) is 66.6 Å². The van der Waals surface area contributed by atoms with E-state index in [9.17, 15) is 9.59 Å². The molecular formula is C13H27N3O2. The van der Waals surface area contributed by atoms with Gasteiger partial charge in [0, 0.05) is 20.6 Å². The van der Waals surface area contributed by atoms with Gasteiger partial charge in [0.2, 0.25) is 11.8 Å². The molecule has 2 amide bonds. The van der Waals surface area contributed by atoms with Crippen molar-refractivity contribution in [2.24, 2.45) is 11.1 Å². The van der Waals surface area contributed by atoms with Gasteiger partial charge in [0.1, 0.15) is 0 Å². The molecule has 0 aliphatic heterocycles. The first-order valence-corrected chi connectivity index (χ1v) is 6.35. The van der Waals surface area contributed by atoms with Gasteiger partial charge in [-0.25, -0.2) is 0 Å². The highest BCUT2D eigenvalue weighted by Crippen LogP contribution is 2.19. The molecule has 2 N–H and O–H groups in total. The smallest absolute Gasteiger partial charge is 0.241 e. The molecule has 0 heterocycles. The standard InChI is InChI=1S/C13H27N3O2/c1-7-8-16(9-10(17)15(5)6)12(18)11(14)13(2,3)4/h11H,7-9,14H2,1-6H3. The first-order valence-electron chi connectivity index (χ1n) is 6.35. The lowest BCUT2D eigenvalue weighted by Gasteiger charge is -2.32. The molecule has 0 saturated carbocycles. The number of nitrogens with zero attached hydrogens (tertiary/aromatic N) is 2. The summed E-state index contributed by atoms with van der Waals surface area (Å²) in [6, 6.07) is -0.584. The van der Waals surface area contributed by atoms with Gasteiger partial charge < -0.3 is 15.5 Å². The Morgan fingerprint density at radius 1 is 1.22 bits per heavy atom. The Hall–Kier alpha value is -1.10. The molecule has 0 aromatic rings. The van der Waals surface area contributed by atoms with Crippen molar-refractivity contribution >= 4 is 11.8 Å². The van der Waals surface area contributed by atoms with Crippen molar-refractivity contribution in [2.45, 2.75) is 40.2 Å². The minimum Gasteiger partial charge on any atom is -0.347 e. The van der Waals surface area contributed by atoms with E-state index in [1.54, 1.807) is 19.0 Å². The van der Waals surface area contributed by atoms with Crippen LogP contribution in [-0.2, 0) is 9.59 Å². The molecule has 1 unspecified atom stereocenters. The molecule has 18 heavy (non-hydrogen) atoms. The van der Waals surface area contributed by atoms with Gasteiger partial charge in [-0.2, -0.15) is 0 Å². The maximum Gasteiger partial charge on any atom is 0.241 e. The number of amides is 2. The van der Waals surface area contributed by atoms with Crippen molar-refractivity contribution in [1.29, 1.82) is 0 Å². The molecule has 5 nitrogen and oxygen atoms in total. The number of carbonyl (C=O) groups is 2. The van der Waals surface area contributed by atoms with Crippen molar-refractivity contribution in [3.63, 3.8) is 0 Å². The van der Waals surface area contributed by atoms with Crippen LogP contribution in [0.3, 0.4) is 0 Å². The fourth-order valence-electron chi connectivity index (χ4n) is 1.41. The van der Waals surface area contributed by atoms with Gasteiger partial charge in [0.25, 0.3) is 0 Å². The van der Waals surface area contributed by atoms with E-state index in [1.165, 1.54) is 4.90 Å². The van der Waals surface area contributed by atoms with Crippen LogP contribution in [-0.4, -0.2) is 54.8 Å². The Morgan fingerprint density at radius 3 is 2.06 bits per heavy atom. The third kappa shape index (κ3) is 5.04. The van der Waals surface area contributed by atoms with Crippen LogP contribution in [0.15, 0.2) is 0 Å². The van der Waals surface area contributed by atoms with E-state index in [1.807, 2.05) is 27.7 Å². The summed E-state index contributed by atoms with van der Waals surface area (Å²) in [6.07, 6.45) is 0.809. The van der Waals surface area contributed by atoms with Gasteiger partial charge in [0.15, 0.2) is 0 Å². The predicted molar refractivity (Wildman–Crippen MR) is 73.0 cm³/mol. The number of hydrogen-bond acceptors (Lipinski definition) is 3. The molecule has 0 spiro atoms. The predicted octanol–water partition coefficient (Wildman–Crippen LogP) is 0.687.